The molecule has 3 rings (SSSR count). The van der Waals surface area contributed by atoms with Crippen molar-refractivity contribution in [3.8, 4) is 0 Å². The molecule has 174 valence electrons. The predicted octanol–water partition coefficient (Wildman–Crippen LogP) is 4.57. The number of thiocarbonyl (C=S) groups is 1. The van der Waals surface area contributed by atoms with E-state index in [0.29, 0.717) is 44.3 Å². The normalized spacial score (nSPS) is 15.8. The molecular formula is C23H23Cl2N3O4S. The molecule has 0 radical (unpaired) electrons. The van der Waals surface area contributed by atoms with Gasteiger partial charge in [-0.3, -0.25) is 4.79 Å². The summed E-state index contributed by atoms with van der Waals surface area (Å²) >= 11 is 17.4. The predicted molar refractivity (Wildman–Crippen MR) is 133 cm³/mol. The molecule has 1 aliphatic heterocycles. The summed E-state index contributed by atoms with van der Waals surface area (Å²) in [5, 5.41) is 7.23. The van der Waals surface area contributed by atoms with Crippen molar-refractivity contribution < 1.29 is 19.1 Å². The number of methoxy groups -OCH3 is 1. The fourth-order valence-corrected chi connectivity index (χ4v) is 4.07. The van der Waals surface area contributed by atoms with Gasteiger partial charge in [0.25, 0.3) is 5.91 Å². The number of carbonyl (C=O) groups excluding carboxylic acids is 2. The number of nitrogens with zero attached hydrogens (tertiary/aromatic N) is 1. The second kappa shape index (κ2) is 11.0. The molecule has 2 N–H and O–H groups in total. The Morgan fingerprint density at radius 2 is 1.76 bits per heavy atom. The number of rotatable bonds is 7. The van der Waals surface area contributed by atoms with E-state index in [1.54, 1.807) is 30.1 Å². The fourth-order valence-electron chi connectivity index (χ4n) is 3.29. The minimum Gasteiger partial charge on any atom is -0.460 e. The van der Waals surface area contributed by atoms with Gasteiger partial charge in [0.05, 0.1) is 18.2 Å². The van der Waals surface area contributed by atoms with Gasteiger partial charge in [-0.25, -0.2) is 4.79 Å². The molecule has 1 amide bonds. The van der Waals surface area contributed by atoms with E-state index in [1.165, 1.54) is 19.2 Å². The van der Waals surface area contributed by atoms with Gasteiger partial charge < -0.3 is 25.0 Å². The summed E-state index contributed by atoms with van der Waals surface area (Å²) in [6.45, 7) is 2.26. The van der Waals surface area contributed by atoms with Crippen molar-refractivity contribution in [1.82, 2.24) is 10.2 Å². The summed E-state index contributed by atoms with van der Waals surface area (Å²) < 4.78 is 10.3. The molecule has 7 nitrogen and oxygen atoms in total. The summed E-state index contributed by atoms with van der Waals surface area (Å²) in [5.74, 6) is -0.796. The number of nitrogens with one attached hydrogen (secondary N) is 2. The van der Waals surface area contributed by atoms with Gasteiger partial charge >= 0.3 is 5.97 Å². The molecule has 0 aliphatic carbocycles. The minimum absolute atomic E-state index is 0.144. The van der Waals surface area contributed by atoms with E-state index in [0.717, 1.165) is 5.56 Å². The molecule has 1 aliphatic rings. The molecule has 1 unspecified atom stereocenters. The Hall–Kier alpha value is -2.65. The molecule has 2 aromatic rings. The summed E-state index contributed by atoms with van der Waals surface area (Å²) in [5.41, 5.74) is 2.85. The van der Waals surface area contributed by atoms with Crippen LogP contribution in [0.4, 0.5) is 5.69 Å². The number of halogens is 2. The fraction of sp³-hybridized carbons (Fsp3) is 0.261. The third kappa shape index (κ3) is 6.03. The van der Waals surface area contributed by atoms with Crippen molar-refractivity contribution in [3.05, 3.63) is 74.9 Å². The number of benzene rings is 2. The maximum Gasteiger partial charge on any atom is 0.338 e. The first-order valence-corrected chi connectivity index (χ1v) is 11.2. The Bertz CT molecular complexity index is 1090. The van der Waals surface area contributed by atoms with E-state index in [9.17, 15) is 9.59 Å². The van der Waals surface area contributed by atoms with Crippen LogP contribution in [-0.4, -0.2) is 49.3 Å². The third-order valence-corrected chi connectivity index (χ3v) is 5.95. The van der Waals surface area contributed by atoms with E-state index in [1.807, 2.05) is 19.1 Å². The Balaban J connectivity index is 1.82. The van der Waals surface area contributed by atoms with Gasteiger partial charge in [0.1, 0.15) is 6.61 Å². The van der Waals surface area contributed by atoms with Gasteiger partial charge in [-0.1, -0.05) is 35.3 Å². The Labute approximate surface area is 207 Å². The number of carbonyl (C=O) groups is 2. The van der Waals surface area contributed by atoms with Crippen LogP contribution in [0.3, 0.4) is 0 Å². The quantitative estimate of drug-likeness (QED) is 0.322. The van der Waals surface area contributed by atoms with Gasteiger partial charge in [0.15, 0.2) is 5.11 Å². The van der Waals surface area contributed by atoms with Crippen LogP contribution >= 0.6 is 35.4 Å². The number of ether oxygens (including phenoxy) is 2. The number of amides is 1. The minimum atomic E-state index is -0.500. The van der Waals surface area contributed by atoms with Gasteiger partial charge in [0.2, 0.25) is 0 Å². The largest absolute Gasteiger partial charge is 0.460 e. The highest BCUT2D eigenvalue weighted by atomic mass is 35.5. The molecule has 0 saturated carbocycles. The van der Waals surface area contributed by atoms with E-state index in [4.69, 9.17) is 44.9 Å². The van der Waals surface area contributed by atoms with Gasteiger partial charge in [0, 0.05) is 41.2 Å². The van der Waals surface area contributed by atoms with Crippen LogP contribution in [0.25, 0.3) is 0 Å². The molecule has 0 bridgehead atoms. The zero-order chi connectivity index (χ0) is 24.1. The highest BCUT2D eigenvalue weighted by molar-refractivity contribution is 7.80. The van der Waals surface area contributed by atoms with E-state index in [-0.39, 0.29) is 12.5 Å². The highest BCUT2D eigenvalue weighted by Crippen LogP contribution is 2.31. The van der Waals surface area contributed by atoms with Crippen LogP contribution in [0.2, 0.25) is 10.0 Å². The standard InChI is InChI=1S/C23H23Cl2N3O4S/c1-13-19(22(30)32-9-8-31-3)20(27-23(33)28(13)2)14-4-6-18(7-5-14)26-21(29)15-10-16(24)12-17(25)11-15/h4-7,10-12,20H,8-9H2,1-3H3,(H,26,29)(H,27,33). The smallest absolute Gasteiger partial charge is 0.338 e. The van der Waals surface area contributed by atoms with Crippen LogP contribution in [0.5, 0.6) is 0 Å². The molecule has 0 saturated heterocycles. The third-order valence-electron chi connectivity index (χ3n) is 5.12. The summed E-state index contributed by atoms with van der Waals surface area (Å²) in [4.78, 5) is 27.1. The van der Waals surface area contributed by atoms with Crippen LogP contribution in [0.1, 0.15) is 28.9 Å². The molecule has 2 aromatic carbocycles. The highest BCUT2D eigenvalue weighted by Gasteiger charge is 2.33. The van der Waals surface area contributed by atoms with Crippen molar-refractivity contribution in [3.63, 3.8) is 0 Å². The zero-order valence-corrected chi connectivity index (χ0v) is 20.6. The number of allylic oxidation sites excluding steroid dienone is 1. The maximum atomic E-state index is 12.8. The van der Waals surface area contributed by atoms with Crippen LogP contribution in [-0.2, 0) is 14.3 Å². The van der Waals surface area contributed by atoms with Crippen molar-refractivity contribution in [2.24, 2.45) is 0 Å². The van der Waals surface area contributed by atoms with E-state index < -0.39 is 12.0 Å². The summed E-state index contributed by atoms with van der Waals surface area (Å²) in [7, 11) is 3.32. The molecule has 0 fully saturated rings. The molecular weight excluding hydrogens is 485 g/mol. The van der Waals surface area contributed by atoms with Gasteiger partial charge in [-0.15, -0.1) is 0 Å². The Morgan fingerprint density at radius 3 is 2.36 bits per heavy atom. The topological polar surface area (TPSA) is 79.9 Å². The van der Waals surface area contributed by atoms with Crippen molar-refractivity contribution in [2.45, 2.75) is 13.0 Å². The monoisotopic (exact) mass is 507 g/mol. The van der Waals surface area contributed by atoms with Crippen molar-refractivity contribution in [1.29, 1.82) is 0 Å². The van der Waals surface area contributed by atoms with Crippen molar-refractivity contribution >= 4 is 58.1 Å². The first-order chi connectivity index (χ1) is 15.7. The number of hydrogen-bond donors (Lipinski definition) is 2. The van der Waals surface area contributed by atoms with Crippen molar-refractivity contribution in [2.75, 3.05) is 32.7 Å². The molecule has 1 atom stereocenters. The number of hydrogen-bond acceptors (Lipinski definition) is 5. The first kappa shape index (κ1) is 25.0. The molecule has 1 heterocycles. The van der Waals surface area contributed by atoms with E-state index in [2.05, 4.69) is 10.6 Å². The van der Waals surface area contributed by atoms with Crippen LogP contribution in [0.15, 0.2) is 53.7 Å². The average Bonchev–Trinajstić information content (AvgIpc) is 2.77. The molecule has 33 heavy (non-hydrogen) atoms. The Morgan fingerprint density at radius 1 is 1.12 bits per heavy atom. The lowest BCUT2D eigenvalue weighted by molar-refractivity contribution is -0.140. The second-order valence-electron chi connectivity index (χ2n) is 7.30. The van der Waals surface area contributed by atoms with Crippen LogP contribution < -0.4 is 10.6 Å². The lowest BCUT2D eigenvalue weighted by Gasteiger charge is -2.35. The summed E-state index contributed by atoms with van der Waals surface area (Å²) in [6.07, 6.45) is 0. The lowest BCUT2D eigenvalue weighted by atomic mass is 9.95. The van der Waals surface area contributed by atoms with Crippen LogP contribution in [0, 0.1) is 0 Å². The number of esters is 1. The molecule has 0 aromatic heterocycles. The molecule has 0 spiro atoms. The van der Waals surface area contributed by atoms with Gasteiger partial charge in [-0.2, -0.15) is 0 Å². The maximum absolute atomic E-state index is 12.8. The summed E-state index contributed by atoms with van der Waals surface area (Å²) in [6, 6.07) is 11.2. The average molecular weight is 508 g/mol. The zero-order valence-electron chi connectivity index (χ0n) is 18.3. The first-order valence-electron chi connectivity index (χ1n) is 9.99. The lowest BCUT2D eigenvalue weighted by Crippen LogP contribution is -2.46. The Kier molecular flexibility index (Phi) is 8.31. The van der Waals surface area contributed by atoms with E-state index >= 15 is 0 Å². The SMILES string of the molecule is COCCOC(=O)C1=C(C)N(C)C(=S)NC1c1ccc(NC(=O)c2cc(Cl)cc(Cl)c2)cc1. The molecule has 10 heteroatoms. The number of anilines is 1. The van der Waals surface area contributed by atoms with Gasteiger partial charge in [-0.05, 0) is 55.0 Å². The second-order valence-corrected chi connectivity index (χ2v) is 8.56.